The molecule has 0 unspecified atom stereocenters. The van der Waals surface area contributed by atoms with E-state index in [1.54, 1.807) is 17.8 Å². The SMILES string of the molecule is O=C(NCCSCc1c(Cl)cccc1Cl)[C@@H]1COc2ccccc2O1. The largest absolute Gasteiger partial charge is 0.485 e. The molecular formula is C18H17Cl2NO3S. The molecule has 0 fully saturated rings. The molecule has 1 amide bonds. The number of carbonyl (C=O) groups excluding carboxylic acids is 1. The minimum atomic E-state index is -0.627. The topological polar surface area (TPSA) is 47.6 Å². The van der Waals surface area contributed by atoms with E-state index in [4.69, 9.17) is 32.7 Å². The number of nitrogens with one attached hydrogen (secondary N) is 1. The van der Waals surface area contributed by atoms with Crippen LogP contribution in [0.5, 0.6) is 11.5 Å². The zero-order valence-corrected chi connectivity index (χ0v) is 15.7. The van der Waals surface area contributed by atoms with Crippen molar-refractivity contribution in [3.8, 4) is 11.5 Å². The van der Waals surface area contributed by atoms with E-state index in [9.17, 15) is 4.79 Å². The van der Waals surface area contributed by atoms with Crippen molar-refractivity contribution in [2.45, 2.75) is 11.9 Å². The lowest BCUT2D eigenvalue weighted by molar-refractivity contribution is -0.130. The van der Waals surface area contributed by atoms with Gasteiger partial charge in [-0.1, -0.05) is 41.4 Å². The molecule has 1 aliphatic rings. The monoisotopic (exact) mass is 397 g/mol. The second-order valence-electron chi connectivity index (χ2n) is 5.41. The first-order valence-electron chi connectivity index (χ1n) is 7.82. The van der Waals surface area contributed by atoms with E-state index in [1.807, 2.05) is 36.4 Å². The molecule has 0 aliphatic carbocycles. The van der Waals surface area contributed by atoms with E-state index >= 15 is 0 Å². The lowest BCUT2D eigenvalue weighted by atomic mass is 10.2. The Morgan fingerprint density at radius 1 is 1.12 bits per heavy atom. The van der Waals surface area contributed by atoms with Gasteiger partial charge < -0.3 is 14.8 Å². The van der Waals surface area contributed by atoms with Crippen LogP contribution in [0, 0.1) is 0 Å². The van der Waals surface area contributed by atoms with Gasteiger partial charge in [-0.25, -0.2) is 0 Å². The number of amides is 1. The predicted molar refractivity (Wildman–Crippen MR) is 102 cm³/mol. The van der Waals surface area contributed by atoms with Gasteiger partial charge in [0.05, 0.1) is 0 Å². The Morgan fingerprint density at radius 3 is 2.60 bits per heavy atom. The van der Waals surface area contributed by atoms with Gasteiger partial charge in [-0.3, -0.25) is 4.79 Å². The van der Waals surface area contributed by atoms with Gasteiger partial charge in [0.2, 0.25) is 6.10 Å². The normalized spacial score (nSPS) is 15.7. The summed E-state index contributed by atoms with van der Waals surface area (Å²) in [5.41, 5.74) is 0.919. The fraction of sp³-hybridized carbons (Fsp3) is 0.278. The number of ether oxygens (including phenoxy) is 2. The van der Waals surface area contributed by atoms with Crippen molar-refractivity contribution in [1.29, 1.82) is 0 Å². The minimum Gasteiger partial charge on any atom is -0.485 e. The van der Waals surface area contributed by atoms with Gasteiger partial charge in [0.1, 0.15) is 6.61 Å². The molecule has 0 radical (unpaired) electrons. The molecule has 0 saturated heterocycles. The highest BCUT2D eigenvalue weighted by molar-refractivity contribution is 7.98. The van der Waals surface area contributed by atoms with Crippen LogP contribution in [0.4, 0.5) is 0 Å². The van der Waals surface area contributed by atoms with Crippen LogP contribution in [-0.2, 0) is 10.5 Å². The quantitative estimate of drug-likeness (QED) is 0.742. The van der Waals surface area contributed by atoms with Crippen LogP contribution in [0.2, 0.25) is 10.0 Å². The summed E-state index contributed by atoms with van der Waals surface area (Å²) in [6.45, 7) is 0.748. The van der Waals surface area contributed by atoms with Crippen LogP contribution >= 0.6 is 35.0 Å². The van der Waals surface area contributed by atoms with Crippen molar-refractivity contribution in [3.05, 3.63) is 58.1 Å². The molecule has 25 heavy (non-hydrogen) atoms. The fourth-order valence-corrected chi connectivity index (χ4v) is 3.95. The number of fused-ring (bicyclic) bond motifs is 1. The van der Waals surface area contributed by atoms with Crippen molar-refractivity contribution in [2.24, 2.45) is 0 Å². The summed E-state index contributed by atoms with van der Waals surface area (Å²) in [5, 5.41) is 4.19. The van der Waals surface area contributed by atoms with Crippen LogP contribution in [-0.4, -0.2) is 30.9 Å². The van der Waals surface area contributed by atoms with Crippen LogP contribution in [0.15, 0.2) is 42.5 Å². The maximum atomic E-state index is 12.2. The summed E-state index contributed by atoms with van der Waals surface area (Å²) < 4.78 is 11.2. The molecule has 2 aromatic rings. The lowest BCUT2D eigenvalue weighted by Gasteiger charge is -2.25. The van der Waals surface area contributed by atoms with Crippen LogP contribution < -0.4 is 14.8 Å². The van der Waals surface area contributed by atoms with Crippen molar-refractivity contribution in [1.82, 2.24) is 5.32 Å². The second kappa shape index (κ2) is 8.70. The van der Waals surface area contributed by atoms with Gasteiger partial charge in [0, 0.05) is 28.1 Å². The van der Waals surface area contributed by atoms with Crippen molar-refractivity contribution >= 4 is 40.9 Å². The number of carbonyl (C=O) groups is 1. The molecule has 0 spiro atoms. The average Bonchev–Trinajstić information content (AvgIpc) is 2.63. The third-order valence-corrected chi connectivity index (χ3v) is 5.35. The molecule has 7 heteroatoms. The Balaban J connectivity index is 1.40. The van der Waals surface area contributed by atoms with Gasteiger partial charge >= 0.3 is 0 Å². The highest BCUT2D eigenvalue weighted by Crippen LogP contribution is 2.31. The maximum Gasteiger partial charge on any atom is 0.264 e. The van der Waals surface area contributed by atoms with E-state index in [2.05, 4.69) is 5.32 Å². The van der Waals surface area contributed by atoms with Gasteiger partial charge in [-0.15, -0.1) is 0 Å². The Labute approximate surface area is 160 Å². The molecule has 0 saturated carbocycles. The molecular weight excluding hydrogens is 381 g/mol. The van der Waals surface area contributed by atoms with Crippen LogP contribution in [0.3, 0.4) is 0 Å². The van der Waals surface area contributed by atoms with Gasteiger partial charge in [0.25, 0.3) is 5.91 Å². The number of thioether (sulfide) groups is 1. The first-order valence-corrected chi connectivity index (χ1v) is 9.73. The van der Waals surface area contributed by atoms with Crippen molar-refractivity contribution in [3.63, 3.8) is 0 Å². The van der Waals surface area contributed by atoms with Gasteiger partial charge in [-0.2, -0.15) is 11.8 Å². The average molecular weight is 398 g/mol. The minimum absolute atomic E-state index is 0.175. The predicted octanol–water partition coefficient (Wildman–Crippen LogP) is 4.18. The molecule has 1 heterocycles. The lowest BCUT2D eigenvalue weighted by Crippen LogP contribution is -2.44. The van der Waals surface area contributed by atoms with Gasteiger partial charge in [0.15, 0.2) is 11.5 Å². The fourth-order valence-electron chi connectivity index (χ4n) is 2.35. The van der Waals surface area contributed by atoms with Crippen molar-refractivity contribution < 1.29 is 14.3 Å². The maximum absolute atomic E-state index is 12.2. The first-order chi connectivity index (χ1) is 12.1. The Kier molecular flexibility index (Phi) is 6.34. The zero-order chi connectivity index (χ0) is 17.6. The Bertz CT molecular complexity index is 737. The Morgan fingerprint density at radius 2 is 1.84 bits per heavy atom. The third-order valence-electron chi connectivity index (χ3n) is 3.65. The summed E-state index contributed by atoms with van der Waals surface area (Å²) in [6, 6.07) is 12.8. The van der Waals surface area contributed by atoms with Gasteiger partial charge in [-0.05, 0) is 29.8 Å². The number of para-hydroxylation sites is 2. The number of benzene rings is 2. The molecule has 2 aromatic carbocycles. The molecule has 1 N–H and O–H groups in total. The molecule has 4 nitrogen and oxygen atoms in total. The number of hydrogen-bond donors (Lipinski definition) is 1. The molecule has 1 aliphatic heterocycles. The molecule has 0 aromatic heterocycles. The number of rotatable bonds is 6. The highest BCUT2D eigenvalue weighted by atomic mass is 35.5. The summed E-state index contributed by atoms with van der Waals surface area (Å²) in [7, 11) is 0. The van der Waals surface area contributed by atoms with E-state index in [0.717, 1.165) is 11.3 Å². The summed E-state index contributed by atoms with van der Waals surface area (Å²) in [5.74, 6) is 2.53. The smallest absolute Gasteiger partial charge is 0.264 e. The zero-order valence-electron chi connectivity index (χ0n) is 13.3. The first kappa shape index (κ1) is 18.2. The van der Waals surface area contributed by atoms with E-state index in [-0.39, 0.29) is 12.5 Å². The molecule has 132 valence electrons. The summed E-state index contributed by atoms with van der Waals surface area (Å²) in [4.78, 5) is 12.2. The Hall–Kier alpha value is -1.56. The third kappa shape index (κ3) is 4.75. The molecule has 3 rings (SSSR count). The van der Waals surface area contributed by atoms with Crippen LogP contribution in [0.1, 0.15) is 5.56 Å². The second-order valence-corrected chi connectivity index (χ2v) is 7.33. The molecule has 1 atom stereocenters. The van der Waals surface area contributed by atoms with E-state index in [1.165, 1.54) is 0 Å². The summed E-state index contributed by atoms with van der Waals surface area (Å²) >= 11 is 13.9. The van der Waals surface area contributed by atoms with E-state index < -0.39 is 6.10 Å². The van der Waals surface area contributed by atoms with E-state index in [0.29, 0.717) is 33.8 Å². The standard InChI is InChI=1S/C18H17Cl2NO3S/c19-13-4-3-5-14(20)12(13)11-25-9-8-21-18(22)17-10-23-15-6-1-2-7-16(15)24-17/h1-7,17H,8-11H2,(H,21,22)/t17-/m0/s1. The number of halogens is 2. The van der Waals surface area contributed by atoms with Crippen molar-refractivity contribution in [2.75, 3.05) is 18.9 Å². The van der Waals surface area contributed by atoms with Crippen LogP contribution in [0.25, 0.3) is 0 Å². The summed E-state index contributed by atoms with van der Waals surface area (Å²) in [6.07, 6.45) is -0.627. The highest BCUT2D eigenvalue weighted by Gasteiger charge is 2.26. The number of hydrogen-bond acceptors (Lipinski definition) is 4. The molecule has 0 bridgehead atoms.